The summed E-state index contributed by atoms with van der Waals surface area (Å²) in [5.74, 6) is 2.01. The molecule has 0 spiro atoms. The van der Waals surface area contributed by atoms with Gasteiger partial charge in [0.2, 0.25) is 5.95 Å². The number of piperidine rings is 1. The lowest BCUT2D eigenvalue weighted by molar-refractivity contribution is 0.340. The number of anilines is 1. The lowest BCUT2D eigenvalue weighted by atomic mass is 9.92. The fraction of sp³-hybridized carbons (Fsp3) is 0.875. The average molecular weight is 308 g/mol. The molecule has 1 N–H and O–H groups in total. The van der Waals surface area contributed by atoms with Crippen molar-refractivity contribution in [1.82, 2.24) is 14.8 Å². The van der Waals surface area contributed by atoms with Crippen LogP contribution in [0.3, 0.4) is 0 Å². The first-order valence-corrected chi connectivity index (χ1v) is 9.12. The molecule has 4 nitrogen and oxygen atoms in total. The molecule has 0 aromatic carbocycles. The van der Waals surface area contributed by atoms with E-state index in [1.54, 1.807) is 0 Å². The summed E-state index contributed by atoms with van der Waals surface area (Å²) in [6.07, 6.45) is 11.8. The zero-order chi connectivity index (χ0) is 14.7. The lowest BCUT2D eigenvalue weighted by Gasteiger charge is -2.34. The Kier molecular flexibility index (Phi) is 4.99. The Morgan fingerprint density at radius 2 is 1.86 bits per heavy atom. The van der Waals surface area contributed by atoms with Gasteiger partial charge in [-0.05, 0) is 43.8 Å². The predicted octanol–water partition coefficient (Wildman–Crippen LogP) is 4.46. The molecule has 2 aliphatic rings. The van der Waals surface area contributed by atoms with Gasteiger partial charge in [-0.2, -0.15) is 0 Å². The first-order chi connectivity index (χ1) is 10.3. The van der Waals surface area contributed by atoms with Crippen molar-refractivity contribution in [1.29, 1.82) is 0 Å². The highest BCUT2D eigenvalue weighted by Crippen LogP contribution is 2.33. The third-order valence-corrected chi connectivity index (χ3v) is 5.51. The molecule has 0 amide bonds. The van der Waals surface area contributed by atoms with Crippen LogP contribution in [0.5, 0.6) is 0 Å². The molecule has 1 aliphatic carbocycles. The van der Waals surface area contributed by atoms with E-state index in [2.05, 4.69) is 26.6 Å². The van der Waals surface area contributed by atoms with Crippen LogP contribution in [0.1, 0.15) is 70.8 Å². The van der Waals surface area contributed by atoms with Gasteiger partial charge in [-0.3, -0.25) is 4.57 Å². The molecule has 0 atom stereocenters. The van der Waals surface area contributed by atoms with Crippen LogP contribution in [-0.2, 0) is 0 Å². The van der Waals surface area contributed by atoms with E-state index in [1.807, 2.05) is 0 Å². The summed E-state index contributed by atoms with van der Waals surface area (Å²) >= 11 is 5.51. The molecule has 1 saturated heterocycles. The molecule has 0 radical (unpaired) electrons. The predicted molar refractivity (Wildman–Crippen MR) is 89.4 cm³/mol. The van der Waals surface area contributed by atoms with Crippen LogP contribution in [0.25, 0.3) is 0 Å². The number of hydrogen-bond donors (Lipinski definition) is 1. The molecule has 0 bridgehead atoms. The molecule has 2 heterocycles. The second kappa shape index (κ2) is 6.95. The normalized spacial score (nSPS) is 21.9. The number of aromatic nitrogens is 3. The van der Waals surface area contributed by atoms with Crippen molar-refractivity contribution < 1.29 is 0 Å². The van der Waals surface area contributed by atoms with Crippen molar-refractivity contribution in [2.75, 3.05) is 18.0 Å². The van der Waals surface area contributed by atoms with Gasteiger partial charge in [0.1, 0.15) is 0 Å². The summed E-state index contributed by atoms with van der Waals surface area (Å²) in [7, 11) is 0. The molecular formula is C16H28N4S. The average Bonchev–Trinajstić information content (AvgIpc) is 2.91. The second-order valence-corrected chi connectivity index (χ2v) is 7.10. The molecule has 5 heteroatoms. The van der Waals surface area contributed by atoms with Crippen LogP contribution in [-0.4, -0.2) is 27.9 Å². The van der Waals surface area contributed by atoms with Gasteiger partial charge >= 0.3 is 0 Å². The van der Waals surface area contributed by atoms with Crippen molar-refractivity contribution in [3.05, 3.63) is 4.77 Å². The Morgan fingerprint density at radius 1 is 1.14 bits per heavy atom. The quantitative estimate of drug-likeness (QED) is 0.834. The van der Waals surface area contributed by atoms with Crippen molar-refractivity contribution >= 4 is 18.2 Å². The molecule has 3 rings (SSSR count). The van der Waals surface area contributed by atoms with E-state index >= 15 is 0 Å². The lowest BCUT2D eigenvalue weighted by Crippen LogP contribution is -2.36. The molecular weight excluding hydrogens is 280 g/mol. The fourth-order valence-corrected chi connectivity index (χ4v) is 4.29. The van der Waals surface area contributed by atoms with E-state index in [0.29, 0.717) is 6.04 Å². The van der Waals surface area contributed by atoms with Crippen LogP contribution < -0.4 is 4.90 Å². The monoisotopic (exact) mass is 308 g/mol. The number of aromatic amines is 1. The summed E-state index contributed by atoms with van der Waals surface area (Å²) in [5, 5.41) is 7.60. The Labute approximate surface area is 132 Å². The third kappa shape index (κ3) is 3.33. The maximum Gasteiger partial charge on any atom is 0.225 e. The Balaban J connectivity index is 1.73. The fourth-order valence-electron chi connectivity index (χ4n) is 4.02. The van der Waals surface area contributed by atoms with E-state index < -0.39 is 0 Å². The standard InChI is InChI=1S/C16H28N4S/c1-2-6-13-9-11-19(12-10-13)15-17-18-16(21)20(15)14-7-4-3-5-8-14/h13-14H,2-12H2,1H3,(H,18,21). The van der Waals surface area contributed by atoms with Gasteiger partial charge in [-0.1, -0.05) is 39.0 Å². The van der Waals surface area contributed by atoms with Crippen LogP contribution in [0, 0.1) is 10.7 Å². The topological polar surface area (TPSA) is 36.9 Å². The number of nitrogens with zero attached hydrogens (tertiary/aromatic N) is 3. The van der Waals surface area contributed by atoms with Crippen LogP contribution in [0.15, 0.2) is 0 Å². The summed E-state index contributed by atoms with van der Waals surface area (Å²) in [6, 6.07) is 0.563. The first-order valence-electron chi connectivity index (χ1n) is 8.71. The van der Waals surface area contributed by atoms with E-state index in [1.165, 1.54) is 57.8 Å². The second-order valence-electron chi connectivity index (χ2n) is 6.71. The van der Waals surface area contributed by atoms with Gasteiger partial charge in [-0.25, -0.2) is 5.10 Å². The van der Waals surface area contributed by atoms with E-state index in [4.69, 9.17) is 12.2 Å². The van der Waals surface area contributed by atoms with Crippen LogP contribution in [0.4, 0.5) is 5.95 Å². The van der Waals surface area contributed by atoms with Crippen molar-refractivity contribution in [3.63, 3.8) is 0 Å². The number of hydrogen-bond acceptors (Lipinski definition) is 3. The molecule has 118 valence electrons. The molecule has 0 unspecified atom stereocenters. The summed E-state index contributed by atoms with van der Waals surface area (Å²) < 4.78 is 3.13. The Bertz CT molecular complexity index is 493. The third-order valence-electron chi connectivity index (χ3n) is 5.22. The van der Waals surface area contributed by atoms with Gasteiger partial charge < -0.3 is 4.90 Å². The molecule has 21 heavy (non-hydrogen) atoms. The maximum absolute atomic E-state index is 5.51. The van der Waals surface area contributed by atoms with Gasteiger partial charge in [0.25, 0.3) is 0 Å². The highest BCUT2D eigenvalue weighted by molar-refractivity contribution is 7.71. The summed E-state index contributed by atoms with van der Waals surface area (Å²) in [4.78, 5) is 2.45. The summed E-state index contributed by atoms with van der Waals surface area (Å²) in [6.45, 7) is 4.56. The number of rotatable bonds is 4. The minimum Gasteiger partial charge on any atom is -0.341 e. The van der Waals surface area contributed by atoms with E-state index in [9.17, 15) is 0 Å². The zero-order valence-corrected chi connectivity index (χ0v) is 14.0. The largest absolute Gasteiger partial charge is 0.341 e. The highest BCUT2D eigenvalue weighted by atomic mass is 32.1. The van der Waals surface area contributed by atoms with Crippen LogP contribution >= 0.6 is 12.2 Å². The minimum atomic E-state index is 0.563. The van der Waals surface area contributed by atoms with E-state index in [-0.39, 0.29) is 0 Å². The molecule has 1 aromatic heterocycles. The highest BCUT2D eigenvalue weighted by Gasteiger charge is 2.26. The van der Waals surface area contributed by atoms with E-state index in [0.717, 1.165) is 29.7 Å². The first kappa shape index (κ1) is 15.1. The van der Waals surface area contributed by atoms with Gasteiger partial charge in [-0.15, -0.1) is 5.10 Å². The maximum atomic E-state index is 5.51. The van der Waals surface area contributed by atoms with Gasteiger partial charge in [0.15, 0.2) is 4.77 Å². The molecule has 1 saturated carbocycles. The summed E-state index contributed by atoms with van der Waals surface area (Å²) in [5.41, 5.74) is 0. The van der Waals surface area contributed by atoms with Crippen LogP contribution in [0.2, 0.25) is 0 Å². The SMILES string of the molecule is CCCC1CCN(c2n[nH]c(=S)n2C2CCCCC2)CC1. The van der Waals surface area contributed by atoms with Crippen molar-refractivity contribution in [2.45, 2.75) is 70.8 Å². The minimum absolute atomic E-state index is 0.563. The Morgan fingerprint density at radius 3 is 2.52 bits per heavy atom. The molecule has 1 aromatic rings. The van der Waals surface area contributed by atoms with Crippen molar-refractivity contribution in [3.8, 4) is 0 Å². The van der Waals surface area contributed by atoms with Gasteiger partial charge in [0, 0.05) is 19.1 Å². The van der Waals surface area contributed by atoms with Gasteiger partial charge in [0.05, 0.1) is 0 Å². The number of nitrogens with one attached hydrogen (secondary N) is 1. The molecule has 2 fully saturated rings. The van der Waals surface area contributed by atoms with Crippen molar-refractivity contribution in [2.24, 2.45) is 5.92 Å². The molecule has 1 aliphatic heterocycles. The number of H-pyrrole nitrogens is 1. The zero-order valence-electron chi connectivity index (χ0n) is 13.2. The smallest absolute Gasteiger partial charge is 0.225 e. The Hall–Kier alpha value is -0.840.